The van der Waals surface area contributed by atoms with Crippen LogP contribution in [0.1, 0.15) is 87.2 Å². The Kier molecular flexibility index (Phi) is 5.85. The van der Waals surface area contributed by atoms with E-state index < -0.39 is 11.5 Å². The molecule has 2 bridgehead atoms. The molecule has 1 unspecified atom stereocenters. The molecule has 1 amide bonds. The topological polar surface area (TPSA) is 111 Å². The lowest BCUT2D eigenvalue weighted by molar-refractivity contribution is -0.194. The molecule has 3 aliphatic rings. The summed E-state index contributed by atoms with van der Waals surface area (Å²) in [5.74, 6) is -0.369. The number of benzene rings is 1. The zero-order chi connectivity index (χ0) is 25.0. The molecule has 5 rings (SSSR count). The molecule has 2 aliphatic heterocycles. The molecule has 184 valence electrons. The maximum atomic E-state index is 12.9. The lowest BCUT2D eigenvalue weighted by Crippen LogP contribution is -2.52. The second-order valence-electron chi connectivity index (χ2n) is 11.3. The van der Waals surface area contributed by atoms with Crippen molar-refractivity contribution in [3.63, 3.8) is 0 Å². The molecule has 1 aromatic carbocycles. The van der Waals surface area contributed by atoms with E-state index in [1.54, 1.807) is 0 Å². The van der Waals surface area contributed by atoms with E-state index in [0.29, 0.717) is 5.69 Å². The molecule has 5 atom stereocenters. The van der Waals surface area contributed by atoms with Crippen molar-refractivity contribution in [3.8, 4) is 6.07 Å². The number of anilines is 1. The van der Waals surface area contributed by atoms with Gasteiger partial charge in [0, 0.05) is 29.3 Å². The number of fused-ring (bicyclic) bond motifs is 2. The standard InChI is InChI=1S/C28H34N4O3/c1-16-23-7-8-24(35-23)17(2)28(16,34)19-5-6-22(32-26(33)25-30-15-20(14-29)31-25)21(13-19)18-9-11-27(3,4)12-10-18/h5-6,9,13,15-17,23-24,34H,7-8,10-12H2,1-4H3,(H,30,31)(H,32,33)/t16-,17+,23+,24?,28-/m0/s1. The third kappa shape index (κ3) is 4.09. The third-order valence-corrected chi connectivity index (χ3v) is 8.54. The molecular weight excluding hydrogens is 440 g/mol. The van der Waals surface area contributed by atoms with Crippen molar-refractivity contribution in [2.75, 3.05) is 5.32 Å². The summed E-state index contributed by atoms with van der Waals surface area (Å²) >= 11 is 0. The van der Waals surface area contributed by atoms with Gasteiger partial charge in [-0.3, -0.25) is 4.79 Å². The van der Waals surface area contributed by atoms with Crippen LogP contribution in [0.3, 0.4) is 0 Å². The van der Waals surface area contributed by atoms with Crippen LogP contribution < -0.4 is 5.32 Å². The van der Waals surface area contributed by atoms with Crippen molar-refractivity contribution in [3.05, 3.63) is 53.1 Å². The molecule has 3 heterocycles. The number of nitriles is 1. The summed E-state index contributed by atoms with van der Waals surface area (Å²) in [5, 5.41) is 24.1. The van der Waals surface area contributed by atoms with Crippen LogP contribution in [0.15, 0.2) is 30.5 Å². The Balaban J connectivity index is 1.54. The summed E-state index contributed by atoms with van der Waals surface area (Å²) < 4.78 is 6.18. The van der Waals surface area contributed by atoms with Crippen LogP contribution >= 0.6 is 0 Å². The minimum Gasteiger partial charge on any atom is -0.384 e. The quantitative estimate of drug-likeness (QED) is 0.568. The highest BCUT2D eigenvalue weighted by molar-refractivity contribution is 6.03. The van der Waals surface area contributed by atoms with E-state index in [0.717, 1.165) is 43.2 Å². The van der Waals surface area contributed by atoms with Gasteiger partial charge in [0.05, 0.1) is 17.8 Å². The average Bonchev–Trinajstić information content (AvgIpc) is 3.51. The highest BCUT2D eigenvalue weighted by Crippen LogP contribution is 2.52. The van der Waals surface area contributed by atoms with Gasteiger partial charge in [-0.15, -0.1) is 0 Å². The Morgan fingerprint density at radius 2 is 1.97 bits per heavy atom. The van der Waals surface area contributed by atoms with Gasteiger partial charge in [0.25, 0.3) is 5.91 Å². The lowest BCUT2D eigenvalue weighted by atomic mass is 9.69. The van der Waals surface area contributed by atoms with Crippen LogP contribution in [-0.4, -0.2) is 33.2 Å². The molecular formula is C28H34N4O3. The van der Waals surface area contributed by atoms with Gasteiger partial charge >= 0.3 is 0 Å². The van der Waals surface area contributed by atoms with Crippen molar-refractivity contribution in [2.45, 2.75) is 77.6 Å². The average molecular weight is 475 g/mol. The molecule has 7 nitrogen and oxygen atoms in total. The fraction of sp³-hybridized carbons (Fsp3) is 0.536. The number of aromatic amines is 1. The Hall–Kier alpha value is -2.95. The predicted octanol–water partition coefficient (Wildman–Crippen LogP) is 5.15. The molecule has 0 radical (unpaired) electrons. The number of nitrogens with one attached hydrogen (secondary N) is 2. The molecule has 0 saturated carbocycles. The number of aliphatic hydroxyl groups is 1. The van der Waals surface area contributed by atoms with E-state index in [-0.39, 0.29) is 41.0 Å². The molecule has 1 aliphatic carbocycles. The van der Waals surface area contributed by atoms with Gasteiger partial charge in [0.1, 0.15) is 6.07 Å². The van der Waals surface area contributed by atoms with Crippen LogP contribution in [0, 0.1) is 28.6 Å². The summed E-state index contributed by atoms with van der Waals surface area (Å²) in [7, 11) is 0. The second kappa shape index (κ2) is 8.61. The number of carbonyl (C=O) groups is 1. The number of hydrogen-bond acceptors (Lipinski definition) is 5. The minimum atomic E-state index is -1.00. The Morgan fingerprint density at radius 3 is 2.57 bits per heavy atom. The first kappa shape index (κ1) is 23.8. The van der Waals surface area contributed by atoms with Gasteiger partial charge in [0.15, 0.2) is 11.5 Å². The first-order chi connectivity index (χ1) is 16.6. The SMILES string of the molecule is C[C@@H]1C2CC[C@@H](O2)[C@H](C)[C@@]1(O)c1ccc(NC(=O)c2nc(C#N)c[nH]2)c(C2=CCC(C)(C)CC2)c1. The summed E-state index contributed by atoms with van der Waals surface area (Å²) in [4.78, 5) is 19.7. The molecule has 2 aromatic rings. The van der Waals surface area contributed by atoms with Gasteiger partial charge < -0.3 is 20.1 Å². The Labute approximate surface area is 206 Å². The van der Waals surface area contributed by atoms with Gasteiger partial charge in [-0.1, -0.05) is 39.8 Å². The van der Waals surface area contributed by atoms with Crippen molar-refractivity contribution in [1.82, 2.24) is 9.97 Å². The zero-order valence-corrected chi connectivity index (χ0v) is 20.9. The fourth-order valence-electron chi connectivity index (χ4n) is 6.10. The van der Waals surface area contributed by atoms with E-state index in [1.165, 1.54) is 11.8 Å². The van der Waals surface area contributed by atoms with Crippen molar-refractivity contribution < 1.29 is 14.6 Å². The Bertz CT molecular complexity index is 1210. The highest BCUT2D eigenvalue weighted by atomic mass is 16.5. The van der Waals surface area contributed by atoms with Crippen molar-refractivity contribution in [1.29, 1.82) is 5.26 Å². The molecule has 0 spiro atoms. The molecule has 7 heteroatoms. The number of imidazole rings is 1. The first-order valence-corrected chi connectivity index (χ1v) is 12.6. The number of ether oxygens (including phenoxy) is 1. The zero-order valence-electron chi connectivity index (χ0n) is 20.9. The number of nitrogens with zero attached hydrogens (tertiary/aromatic N) is 2. The molecule has 2 saturated heterocycles. The van der Waals surface area contributed by atoms with E-state index in [9.17, 15) is 9.90 Å². The van der Waals surface area contributed by atoms with Crippen LogP contribution in [0.5, 0.6) is 0 Å². The number of hydrogen-bond donors (Lipinski definition) is 3. The Morgan fingerprint density at radius 1 is 1.26 bits per heavy atom. The van der Waals surface area contributed by atoms with Gasteiger partial charge in [-0.25, -0.2) is 4.98 Å². The number of carbonyl (C=O) groups excluding carboxylic acids is 1. The summed E-state index contributed by atoms with van der Waals surface area (Å²) in [6, 6.07) is 7.84. The fourth-order valence-corrected chi connectivity index (χ4v) is 6.10. The molecule has 35 heavy (non-hydrogen) atoms. The largest absolute Gasteiger partial charge is 0.384 e. The van der Waals surface area contributed by atoms with Crippen LogP contribution in [0.25, 0.3) is 5.57 Å². The van der Waals surface area contributed by atoms with Crippen LogP contribution in [-0.2, 0) is 10.3 Å². The maximum Gasteiger partial charge on any atom is 0.291 e. The van der Waals surface area contributed by atoms with Gasteiger partial charge in [0.2, 0.25) is 0 Å². The lowest BCUT2D eigenvalue weighted by Gasteiger charge is -2.47. The van der Waals surface area contributed by atoms with E-state index in [4.69, 9.17) is 10.00 Å². The van der Waals surface area contributed by atoms with Crippen molar-refractivity contribution in [2.24, 2.45) is 17.3 Å². The molecule has 2 fully saturated rings. The van der Waals surface area contributed by atoms with Crippen LogP contribution in [0.2, 0.25) is 0 Å². The third-order valence-electron chi connectivity index (χ3n) is 8.54. The monoisotopic (exact) mass is 474 g/mol. The number of aromatic nitrogens is 2. The van der Waals surface area contributed by atoms with Gasteiger partial charge in [-0.05, 0) is 60.8 Å². The maximum absolute atomic E-state index is 12.9. The van der Waals surface area contributed by atoms with E-state index in [1.807, 2.05) is 18.2 Å². The minimum absolute atomic E-state index is 0.0312. The first-order valence-electron chi connectivity index (χ1n) is 12.6. The van der Waals surface area contributed by atoms with Gasteiger partial charge in [-0.2, -0.15) is 5.26 Å². The number of amides is 1. The summed E-state index contributed by atoms with van der Waals surface area (Å²) in [5.41, 5.74) is 3.08. The second-order valence-corrected chi connectivity index (χ2v) is 11.3. The van der Waals surface area contributed by atoms with E-state index in [2.05, 4.69) is 55.1 Å². The number of allylic oxidation sites excluding steroid dienone is 2. The van der Waals surface area contributed by atoms with Crippen LogP contribution in [0.4, 0.5) is 5.69 Å². The summed E-state index contributed by atoms with van der Waals surface area (Å²) in [6.45, 7) is 8.72. The molecule has 1 aromatic heterocycles. The normalized spacial score (nSPS) is 31.5. The number of rotatable bonds is 4. The molecule has 3 N–H and O–H groups in total. The predicted molar refractivity (Wildman–Crippen MR) is 133 cm³/mol. The van der Waals surface area contributed by atoms with E-state index >= 15 is 0 Å². The van der Waals surface area contributed by atoms with Crippen molar-refractivity contribution >= 4 is 17.2 Å². The smallest absolute Gasteiger partial charge is 0.291 e. The summed E-state index contributed by atoms with van der Waals surface area (Å²) in [6.07, 6.45) is 8.68. The number of H-pyrrole nitrogens is 1. The highest BCUT2D eigenvalue weighted by Gasteiger charge is 2.55.